The molecular weight excluding hydrogens is 272 g/mol. The number of aliphatic hydroxyl groups is 2. The van der Waals surface area contributed by atoms with E-state index in [1.807, 2.05) is 0 Å². The van der Waals surface area contributed by atoms with Gasteiger partial charge in [-0.15, -0.1) is 0 Å². The van der Waals surface area contributed by atoms with Crippen LogP contribution in [0.15, 0.2) is 21.9 Å². The van der Waals surface area contributed by atoms with Crippen molar-refractivity contribution in [1.82, 2.24) is 9.55 Å². The second-order valence-electron chi connectivity index (χ2n) is 4.43. The zero-order valence-corrected chi connectivity index (χ0v) is 11.0. The molecule has 1 fully saturated rings. The molecule has 0 radical (unpaired) electrons. The quantitative estimate of drug-likeness (QED) is 0.517. The number of nitrogens with one attached hydrogen (secondary N) is 1. The van der Waals surface area contributed by atoms with Crippen molar-refractivity contribution in [2.45, 2.75) is 24.9 Å². The van der Waals surface area contributed by atoms with E-state index in [0.717, 1.165) is 0 Å². The van der Waals surface area contributed by atoms with E-state index in [9.17, 15) is 14.7 Å². The number of nitrogens with zero attached hydrogens (tertiary/aromatic N) is 1. The standard InChI is InChI=1S/C11H16N2O5S/c14-5-7-9(16)6(2-4-19)10(18-7)13-3-1-8(15)12-11(13)17/h1,3,6-7,9-10,14,16,19H,2,4-5H2,(H,12,15,17)/t6-,7+,9-,10+/m0/s1. The van der Waals surface area contributed by atoms with Crippen molar-refractivity contribution in [3.63, 3.8) is 0 Å². The lowest BCUT2D eigenvalue weighted by atomic mass is 9.97. The van der Waals surface area contributed by atoms with Crippen molar-refractivity contribution in [2.24, 2.45) is 5.92 Å². The normalized spacial score (nSPS) is 30.7. The van der Waals surface area contributed by atoms with E-state index in [2.05, 4.69) is 17.6 Å². The first-order valence-corrected chi connectivity index (χ1v) is 6.58. The summed E-state index contributed by atoms with van der Waals surface area (Å²) in [6, 6.07) is 1.21. The second-order valence-corrected chi connectivity index (χ2v) is 4.88. The summed E-state index contributed by atoms with van der Waals surface area (Å²) in [5.41, 5.74) is -1.10. The van der Waals surface area contributed by atoms with Gasteiger partial charge in [0.15, 0.2) is 0 Å². The number of hydrogen-bond donors (Lipinski definition) is 4. The Balaban J connectivity index is 2.36. The Morgan fingerprint density at radius 3 is 2.79 bits per heavy atom. The molecule has 4 atom stereocenters. The molecule has 1 aromatic heterocycles. The molecule has 3 N–H and O–H groups in total. The Bertz CT molecular complexity index is 542. The molecule has 0 aromatic carbocycles. The third kappa shape index (κ3) is 2.76. The van der Waals surface area contributed by atoms with E-state index < -0.39 is 29.7 Å². The van der Waals surface area contributed by atoms with Gasteiger partial charge < -0.3 is 14.9 Å². The number of aromatic amines is 1. The van der Waals surface area contributed by atoms with Gasteiger partial charge in [0.05, 0.1) is 12.7 Å². The highest BCUT2D eigenvalue weighted by atomic mass is 32.1. The average molecular weight is 288 g/mol. The van der Waals surface area contributed by atoms with Crippen LogP contribution in [0.5, 0.6) is 0 Å². The number of thiol groups is 1. The Morgan fingerprint density at radius 2 is 2.21 bits per heavy atom. The Labute approximate surface area is 114 Å². The molecule has 8 heteroatoms. The fourth-order valence-corrected chi connectivity index (χ4v) is 2.62. The van der Waals surface area contributed by atoms with Crippen LogP contribution in [-0.4, -0.2) is 44.3 Å². The second kappa shape index (κ2) is 5.91. The molecule has 1 aliphatic rings. The van der Waals surface area contributed by atoms with Crippen LogP contribution < -0.4 is 11.2 Å². The fraction of sp³-hybridized carbons (Fsp3) is 0.636. The zero-order chi connectivity index (χ0) is 14.0. The van der Waals surface area contributed by atoms with Crippen LogP contribution in [0.25, 0.3) is 0 Å². The van der Waals surface area contributed by atoms with E-state index >= 15 is 0 Å². The smallest absolute Gasteiger partial charge is 0.330 e. The number of rotatable bonds is 4. The molecule has 1 saturated heterocycles. The van der Waals surface area contributed by atoms with Crippen molar-refractivity contribution < 1.29 is 14.9 Å². The van der Waals surface area contributed by atoms with E-state index in [4.69, 9.17) is 9.84 Å². The summed E-state index contributed by atoms with van der Waals surface area (Å²) in [5, 5.41) is 19.2. The van der Waals surface area contributed by atoms with Crippen molar-refractivity contribution >= 4 is 12.6 Å². The van der Waals surface area contributed by atoms with Crippen molar-refractivity contribution in [3.05, 3.63) is 33.1 Å². The first-order chi connectivity index (χ1) is 9.08. The molecule has 1 aromatic rings. The van der Waals surface area contributed by atoms with Crippen LogP contribution in [-0.2, 0) is 4.74 Å². The Morgan fingerprint density at radius 1 is 1.47 bits per heavy atom. The average Bonchev–Trinajstić information content (AvgIpc) is 2.68. The minimum absolute atomic E-state index is 0.334. The Hall–Kier alpha value is -1.09. The van der Waals surface area contributed by atoms with Gasteiger partial charge in [0.2, 0.25) is 0 Å². The van der Waals surface area contributed by atoms with Gasteiger partial charge in [-0.05, 0) is 12.2 Å². The lowest BCUT2D eigenvalue weighted by molar-refractivity contribution is -0.0481. The number of hydrogen-bond acceptors (Lipinski definition) is 6. The number of aromatic nitrogens is 2. The lowest BCUT2D eigenvalue weighted by Gasteiger charge is -2.20. The summed E-state index contributed by atoms with van der Waals surface area (Å²) < 4.78 is 6.72. The molecular formula is C11H16N2O5S. The summed E-state index contributed by atoms with van der Waals surface area (Å²) in [6.07, 6.45) is -0.487. The SMILES string of the molecule is O=c1ccn([C@@H]2O[C@H](CO)[C@@H](O)[C@@H]2CCS)c(=O)[nH]1. The molecule has 0 amide bonds. The molecule has 0 aliphatic carbocycles. The highest BCUT2D eigenvalue weighted by Crippen LogP contribution is 2.36. The van der Waals surface area contributed by atoms with Crippen LogP contribution in [0.4, 0.5) is 0 Å². The Kier molecular flexibility index (Phi) is 4.46. The maximum atomic E-state index is 11.7. The van der Waals surface area contributed by atoms with Gasteiger partial charge in [0, 0.05) is 18.2 Å². The monoisotopic (exact) mass is 288 g/mol. The minimum atomic E-state index is -0.874. The van der Waals surface area contributed by atoms with Crippen LogP contribution in [0, 0.1) is 5.92 Å². The maximum Gasteiger partial charge on any atom is 0.330 e. The molecule has 7 nitrogen and oxygen atoms in total. The largest absolute Gasteiger partial charge is 0.394 e. The molecule has 2 heterocycles. The van der Waals surface area contributed by atoms with E-state index in [0.29, 0.717) is 12.2 Å². The minimum Gasteiger partial charge on any atom is -0.394 e. The number of ether oxygens (including phenoxy) is 1. The summed E-state index contributed by atoms with van der Waals surface area (Å²) in [7, 11) is 0. The zero-order valence-electron chi connectivity index (χ0n) is 10.1. The maximum absolute atomic E-state index is 11.7. The van der Waals surface area contributed by atoms with Gasteiger partial charge in [-0.3, -0.25) is 14.3 Å². The van der Waals surface area contributed by atoms with E-state index in [-0.39, 0.29) is 12.5 Å². The van der Waals surface area contributed by atoms with Crippen LogP contribution in [0.1, 0.15) is 12.6 Å². The van der Waals surface area contributed by atoms with Gasteiger partial charge in [0.1, 0.15) is 12.3 Å². The van der Waals surface area contributed by atoms with E-state index in [1.165, 1.54) is 16.8 Å². The van der Waals surface area contributed by atoms with Gasteiger partial charge in [-0.25, -0.2) is 4.79 Å². The van der Waals surface area contributed by atoms with Gasteiger partial charge in [-0.2, -0.15) is 12.6 Å². The predicted octanol–water partition coefficient (Wildman–Crippen LogP) is -1.28. The molecule has 0 spiro atoms. The highest BCUT2D eigenvalue weighted by Gasteiger charge is 2.43. The van der Waals surface area contributed by atoms with Crippen molar-refractivity contribution in [2.75, 3.05) is 12.4 Å². The topological polar surface area (TPSA) is 105 Å². The van der Waals surface area contributed by atoms with E-state index in [1.54, 1.807) is 0 Å². The first-order valence-electron chi connectivity index (χ1n) is 5.95. The van der Waals surface area contributed by atoms with Gasteiger partial charge >= 0.3 is 5.69 Å². The fourth-order valence-electron chi connectivity index (χ4n) is 2.32. The molecule has 19 heavy (non-hydrogen) atoms. The molecule has 106 valence electrons. The third-order valence-corrected chi connectivity index (χ3v) is 3.53. The summed E-state index contributed by atoms with van der Waals surface area (Å²) in [4.78, 5) is 24.9. The number of aliphatic hydroxyl groups excluding tert-OH is 2. The molecule has 2 rings (SSSR count). The lowest BCUT2D eigenvalue weighted by Crippen LogP contribution is -2.35. The summed E-state index contributed by atoms with van der Waals surface area (Å²) in [5.74, 6) is 0.149. The molecule has 0 unspecified atom stereocenters. The van der Waals surface area contributed by atoms with Crippen molar-refractivity contribution in [1.29, 1.82) is 0 Å². The summed E-state index contributed by atoms with van der Waals surface area (Å²) >= 11 is 4.12. The predicted molar refractivity (Wildman–Crippen MR) is 70.3 cm³/mol. The molecule has 1 aliphatic heterocycles. The summed E-state index contributed by atoms with van der Waals surface area (Å²) in [6.45, 7) is -0.334. The molecule has 0 bridgehead atoms. The first kappa shape index (κ1) is 14.3. The van der Waals surface area contributed by atoms with Gasteiger partial charge in [-0.1, -0.05) is 0 Å². The number of H-pyrrole nitrogens is 1. The van der Waals surface area contributed by atoms with Gasteiger partial charge in [0.25, 0.3) is 5.56 Å². The third-order valence-electron chi connectivity index (χ3n) is 3.27. The highest BCUT2D eigenvalue weighted by molar-refractivity contribution is 7.80. The van der Waals surface area contributed by atoms with Crippen LogP contribution in [0.2, 0.25) is 0 Å². The van der Waals surface area contributed by atoms with Crippen LogP contribution in [0.3, 0.4) is 0 Å². The molecule has 0 saturated carbocycles. The van der Waals surface area contributed by atoms with Crippen LogP contribution >= 0.6 is 12.6 Å². The van der Waals surface area contributed by atoms with Crippen molar-refractivity contribution in [3.8, 4) is 0 Å².